The van der Waals surface area contributed by atoms with Gasteiger partial charge < -0.3 is 10.8 Å². The van der Waals surface area contributed by atoms with E-state index in [1.807, 2.05) is 31.0 Å². The molecular formula is C11H18N4O. The third-order valence-electron chi connectivity index (χ3n) is 2.58. The van der Waals surface area contributed by atoms with Crippen LogP contribution < -0.4 is 5.73 Å². The fraction of sp³-hybridized carbons (Fsp3) is 0.455. The fourth-order valence-corrected chi connectivity index (χ4v) is 1.37. The van der Waals surface area contributed by atoms with Crippen molar-refractivity contribution in [3.63, 3.8) is 0 Å². The van der Waals surface area contributed by atoms with Crippen LogP contribution in [0.1, 0.15) is 18.2 Å². The lowest BCUT2D eigenvalue weighted by molar-refractivity contribution is 0.154. The first-order valence-electron chi connectivity index (χ1n) is 5.15. The van der Waals surface area contributed by atoms with Gasteiger partial charge >= 0.3 is 0 Å². The molecule has 88 valence electrons. The molecule has 0 amide bonds. The van der Waals surface area contributed by atoms with Crippen LogP contribution in [-0.4, -0.2) is 40.5 Å². The number of nitrogens with two attached hydrogens (primary N) is 1. The minimum atomic E-state index is -0.0272. The number of nitrogens with one attached hydrogen (secondary N) is 1. The molecule has 0 spiro atoms. The fourth-order valence-electron chi connectivity index (χ4n) is 1.37. The molecule has 1 aromatic heterocycles. The van der Waals surface area contributed by atoms with Crippen molar-refractivity contribution in [2.75, 3.05) is 13.7 Å². The van der Waals surface area contributed by atoms with E-state index in [1.165, 1.54) is 0 Å². The summed E-state index contributed by atoms with van der Waals surface area (Å²) in [6.07, 6.45) is 1.62. The molecule has 1 atom stereocenters. The van der Waals surface area contributed by atoms with Gasteiger partial charge in [0.15, 0.2) is 0 Å². The summed E-state index contributed by atoms with van der Waals surface area (Å²) in [5.74, 6) is -0.0272. The van der Waals surface area contributed by atoms with E-state index < -0.39 is 0 Å². The van der Waals surface area contributed by atoms with Crippen LogP contribution in [0.15, 0.2) is 18.3 Å². The quantitative estimate of drug-likeness (QED) is 0.490. The number of amidine groups is 1. The molecule has 0 bridgehead atoms. The third kappa shape index (κ3) is 3.01. The number of nitrogen functional groups attached to an aromatic ring is 1. The molecule has 1 rings (SSSR count). The molecule has 1 unspecified atom stereocenters. The van der Waals surface area contributed by atoms with Crippen molar-refractivity contribution in [3.8, 4) is 0 Å². The van der Waals surface area contributed by atoms with E-state index in [-0.39, 0.29) is 18.5 Å². The van der Waals surface area contributed by atoms with E-state index in [4.69, 9.17) is 16.2 Å². The number of hydrogen-bond acceptors (Lipinski definition) is 4. The standard InChI is InChI=1S/C11H18N4O/c1-8(7-16)15(2)6-9-4-3-5-14-10(9)11(12)13/h3-5,8,16H,6-7H2,1-2H3,(H3,12,13). The van der Waals surface area contributed by atoms with Crippen LogP contribution >= 0.6 is 0 Å². The van der Waals surface area contributed by atoms with Crippen LogP contribution in [0.3, 0.4) is 0 Å². The molecule has 16 heavy (non-hydrogen) atoms. The van der Waals surface area contributed by atoms with Gasteiger partial charge in [-0.1, -0.05) is 6.07 Å². The predicted molar refractivity (Wildman–Crippen MR) is 63.3 cm³/mol. The number of nitrogens with zero attached hydrogens (tertiary/aromatic N) is 2. The van der Waals surface area contributed by atoms with Crippen LogP contribution in [0.4, 0.5) is 0 Å². The summed E-state index contributed by atoms with van der Waals surface area (Å²) in [5, 5.41) is 16.5. The van der Waals surface area contributed by atoms with Crippen LogP contribution in [-0.2, 0) is 6.54 Å². The minimum absolute atomic E-state index is 0.0272. The highest BCUT2D eigenvalue weighted by molar-refractivity contribution is 5.94. The Morgan fingerprint density at radius 1 is 1.69 bits per heavy atom. The van der Waals surface area contributed by atoms with Crippen molar-refractivity contribution in [3.05, 3.63) is 29.6 Å². The van der Waals surface area contributed by atoms with E-state index >= 15 is 0 Å². The minimum Gasteiger partial charge on any atom is -0.395 e. The van der Waals surface area contributed by atoms with Gasteiger partial charge in [0.25, 0.3) is 0 Å². The lowest BCUT2D eigenvalue weighted by Gasteiger charge is -2.23. The maximum absolute atomic E-state index is 9.04. The van der Waals surface area contributed by atoms with Crippen molar-refractivity contribution in [2.24, 2.45) is 5.73 Å². The molecule has 0 aromatic carbocycles. The van der Waals surface area contributed by atoms with Gasteiger partial charge in [-0.2, -0.15) is 0 Å². The van der Waals surface area contributed by atoms with E-state index in [0.717, 1.165) is 5.56 Å². The second kappa shape index (κ2) is 5.58. The first kappa shape index (κ1) is 12.6. The SMILES string of the molecule is CC(CO)N(C)Cc1cccnc1C(=N)N. The largest absolute Gasteiger partial charge is 0.395 e. The van der Waals surface area contributed by atoms with Gasteiger partial charge in [0.05, 0.1) is 6.61 Å². The number of rotatable bonds is 5. The summed E-state index contributed by atoms with van der Waals surface area (Å²) >= 11 is 0. The Morgan fingerprint density at radius 2 is 2.38 bits per heavy atom. The Labute approximate surface area is 95.4 Å². The number of hydrogen-bond donors (Lipinski definition) is 3. The van der Waals surface area contributed by atoms with E-state index in [0.29, 0.717) is 12.2 Å². The van der Waals surface area contributed by atoms with E-state index in [9.17, 15) is 0 Å². The smallest absolute Gasteiger partial charge is 0.142 e. The molecule has 1 aromatic rings. The molecular weight excluding hydrogens is 204 g/mol. The molecule has 0 aliphatic heterocycles. The summed E-state index contributed by atoms with van der Waals surface area (Å²) in [6, 6.07) is 3.78. The molecule has 0 aliphatic rings. The lowest BCUT2D eigenvalue weighted by atomic mass is 10.1. The maximum atomic E-state index is 9.04. The Kier molecular flexibility index (Phi) is 4.39. The van der Waals surface area contributed by atoms with Crippen LogP contribution in [0.25, 0.3) is 0 Å². The first-order valence-corrected chi connectivity index (χ1v) is 5.15. The van der Waals surface area contributed by atoms with E-state index in [1.54, 1.807) is 6.20 Å². The number of aliphatic hydroxyl groups excluding tert-OH is 1. The normalized spacial score (nSPS) is 12.8. The molecule has 0 saturated carbocycles. The zero-order chi connectivity index (χ0) is 12.1. The topological polar surface area (TPSA) is 86.2 Å². The number of aromatic nitrogens is 1. The Hall–Kier alpha value is -1.46. The first-order chi connectivity index (χ1) is 7.56. The average Bonchev–Trinajstić information content (AvgIpc) is 2.28. The van der Waals surface area contributed by atoms with Gasteiger partial charge in [-0.3, -0.25) is 15.3 Å². The molecule has 5 nitrogen and oxygen atoms in total. The third-order valence-corrected chi connectivity index (χ3v) is 2.58. The maximum Gasteiger partial charge on any atom is 0.142 e. The van der Waals surface area contributed by atoms with Gasteiger partial charge in [0.2, 0.25) is 0 Å². The van der Waals surface area contributed by atoms with Crippen LogP contribution in [0.5, 0.6) is 0 Å². The highest BCUT2D eigenvalue weighted by Gasteiger charge is 2.12. The molecule has 5 heteroatoms. The number of pyridine rings is 1. The molecule has 0 aliphatic carbocycles. The Balaban J connectivity index is 2.84. The molecule has 0 fully saturated rings. The Bertz CT molecular complexity index is 367. The van der Waals surface area contributed by atoms with E-state index in [2.05, 4.69) is 4.98 Å². The van der Waals surface area contributed by atoms with Crippen molar-refractivity contribution >= 4 is 5.84 Å². The monoisotopic (exact) mass is 222 g/mol. The second-order valence-electron chi connectivity index (χ2n) is 3.87. The summed E-state index contributed by atoms with van der Waals surface area (Å²) in [6.45, 7) is 2.65. The van der Waals surface area contributed by atoms with Crippen molar-refractivity contribution in [1.29, 1.82) is 5.41 Å². The van der Waals surface area contributed by atoms with Crippen LogP contribution in [0.2, 0.25) is 0 Å². The predicted octanol–water partition coefficient (Wildman–Crippen LogP) is 0.178. The Morgan fingerprint density at radius 3 is 2.94 bits per heavy atom. The zero-order valence-corrected chi connectivity index (χ0v) is 9.64. The van der Waals surface area contributed by atoms with Gasteiger partial charge in [-0.05, 0) is 25.6 Å². The summed E-state index contributed by atoms with van der Waals surface area (Å²) in [7, 11) is 1.91. The second-order valence-corrected chi connectivity index (χ2v) is 3.87. The molecule has 4 N–H and O–H groups in total. The van der Waals surface area contributed by atoms with Gasteiger partial charge in [0.1, 0.15) is 11.5 Å². The lowest BCUT2D eigenvalue weighted by Crippen LogP contribution is -2.32. The average molecular weight is 222 g/mol. The van der Waals surface area contributed by atoms with Crippen molar-refractivity contribution in [2.45, 2.75) is 19.5 Å². The zero-order valence-electron chi connectivity index (χ0n) is 9.64. The van der Waals surface area contributed by atoms with Gasteiger partial charge in [0, 0.05) is 18.8 Å². The number of aliphatic hydroxyl groups is 1. The van der Waals surface area contributed by atoms with Crippen molar-refractivity contribution in [1.82, 2.24) is 9.88 Å². The highest BCUT2D eigenvalue weighted by Crippen LogP contribution is 2.09. The summed E-state index contributed by atoms with van der Waals surface area (Å²) in [5.41, 5.74) is 6.87. The van der Waals surface area contributed by atoms with Crippen LogP contribution in [0, 0.1) is 5.41 Å². The summed E-state index contributed by atoms with van der Waals surface area (Å²) < 4.78 is 0. The molecule has 0 radical (unpaired) electrons. The summed E-state index contributed by atoms with van der Waals surface area (Å²) in [4.78, 5) is 6.07. The molecule has 0 saturated heterocycles. The number of likely N-dealkylation sites (N-methyl/N-ethyl adjacent to an activating group) is 1. The molecule has 1 heterocycles. The highest BCUT2D eigenvalue weighted by atomic mass is 16.3. The van der Waals surface area contributed by atoms with Gasteiger partial charge in [-0.25, -0.2) is 0 Å². The van der Waals surface area contributed by atoms with Crippen molar-refractivity contribution < 1.29 is 5.11 Å². The van der Waals surface area contributed by atoms with Gasteiger partial charge in [-0.15, -0.1) is 0 Å².